The lowest BCUT2D eigenvalue weighted by Crippen LogP contribution is -2.48. The number of benzene rings is 3. The van der Waals surface area contributed by atoms with Crippen molar-refractivity contribution in [2.45, 2.75) is 86.0 Å². The zero-order chi connectivity index (χ0) is 27.8. The van der Waals surface area contributed by atoms with Gasteiger partial charge >= 0.3 is 0 Å². The molecular weight excluding hydrogens is 460 g/mol. The van der Waals surface area contributed by atoms with Crippen molar-refractivity contribution in [3.05, 3.63) is 108 Å². The highest BCUT2D eigenvalue weighted by atomic mass is 16.1. The molecule has 0 saturated heterocycles. The van der Waals surface area contributed by atoms with Gasteiger partial charge in [-0.25, -0.2) is 0 Å². The molecule has 1 nitrogen and oxygen atoms in total. The first-order valence-corrected chi connectivity index (χ1v) is 14.5. The summed E-state index contributed by atoms with van der Waals surface area (Å²) in [5, 5.41) is 0. The van der Waals surface area contributed by atoms with Gasteiger partial charge in [-0.3, -0.25) is 4.79 Å². The van der Waals surface area contributed by atoms with Crippen LogP contribution in [0.1, 0.15) is 97.3 Å². The summed E-state index contributed by atoms with van der Waals surface area (Å²) in [5.41, 5.74) is 3.51. The highest BCUT2D eigenvalue weighted by molar-refractivity contribution is 6.03. The molecule has 2 unspecified atom stereocenters. The van der Waals surface area contributed by atoms with Gasteiger partial charge < -0.3 is 0 Å². The molecule has 38 heavy (non-hydrogen) atoms. The normalized spacial score (nSPS) is 18.4. The van der Waals surface area contributed by atoms with Crippen LogP contribution in [-0.2, 0) is 10.2 Å². The summed E-state index contributed by atoms with van der Waals surface area (Å²) in [7, 11) is 0. The summed E-state index contributed by atoms with van der Waals surface area (Å²) >= 11 is 0. The maximum Gasteiger partial charge on any atom is 0.143 e. The molecule has 0 N–H and O–H groups in total. The second kappa shape index (κ2) is 10.5. The van der Waals surface area contributed by atoms with Gasteiger partial charge in [-0.15, -0.1) is 0 Å². The fourth-order valence-corrected chi connectivity index (χ4v) is 7.34. The minimum atomic E-state index is -0.262. The van der Waals surface area contributed by atoms with Gasteiger partial charge in [0.1, 0.15) is 5.78 Å². The lowest BCUT2D eigenvalue weighted by atomic mass is 9.50. The van der Waals surface area contributed by atoms with Crippen molar-refractivity contribution in [3.8, 4) is 0 Å². The molecule has 2 atom stereocenters. The molecule has 202 valence electrons. The molecule has 0 aromatic heterocycles. The third kappa shape index (κ3) is 5.27. The Balaban J connectivity index is 1.92. The molecule has 3 aromatic carbocycles. The van der Waals surface area contributed by atoms with Gasteiger partial charge in [-0.2, -0.15) is 0 Å². The third-order valence-corrected chi connectivity index (χ3v) is 9.72. The minimum absolute atomic E-state index is 0.00233. The van der Waals surface area contributed by atoms with E-state index in [4.69, 9.17) is 0 Å². The van der Waals surface area contributed by atoms with Gasteiger partial charge in [0.25, 0.3) is 0 Å². The van der Waals surface area contributed by atoms with E-state index in [9.17, 15) is 4.79 Å². The molecule has 1 aliphatic rings. The Bertz CT molecular complexity index is 1160. The number of hydrogen-bond acceptors (Lipinski definition) is 1. The molecule has 1 fully saturated rings. The van der Waals surface area contributed by atoms with Crippen molar-refractivity contribution < 1.29 is 4.79 Å². The Hall–Kier alpha value is -2.67. The van der Waals surface area contributed by atoms with E-state index in [2.05, 4.69) is 146 Å². The van der Waals surface area contributed by atoms with Crippen LogP contribution in [0.4, 0.5) is 0 Å². The fourth-order valence-electron chi connectivity index (χ4n) is 7.34. The second-order valence-electron chi connectivity index (χ2n) is 14.1. The van der Waals surface area contributed by atoms with Crippen molar-refractivity contribution in [1.82, 2.24) is 0 Å². The topological polar surface area (TPSA) is 17.1 Å². The summed E-state index contributed by atoms with van der Waals surface area (Å²) in [6.07, 6.45) is 3.03. The maximum atomic E-state index is 12.9. The third-order valence-electron chi connectivity index (χ3n) is 9.72. The Morgan fingerprint density at radius 3 is 1.55 bits per heavy atom. The Morgan fingerprint density at radius 1 is 0.737 bits per heavy atom. The van der Waals surface area contributed by atoms with Gasteiger partial charge in [0.2, 0.25) is 0 Å². The molecule has 0 heterocycles. The largest absolute Gasteiger partial charge is 0.299 e. The fraction of sp³-hybridized carbons (Fsp3) is 0.486. The van der Waals surface area contributed by atoms with Crippen molar-refractivity contribution in [1.29, 1.82) is 0 Å². The van der Waals surface area contributed by atoms with Gasteiger partial charge in [0.05, 0.1) is 0 Å². The molecule has 4 rings (SSSR count). The first-order valence-electron chi connectivity index (χ1n) is 14.5. The highest BCUT2D eigenvalue weighted by Crippen LogP contribution is 2.62. The number of carbonyl (C=O) groups excluding carboxylic acids is 1. The smallest absolute Gasteiger partial charge is 0.143 e. The van der Waals surface area contributed by atoms with Crippen LogP contribution < -0.4 is 0 Å². The minimum Gasteiger partial charge on any atom is -0.299 e. The standard InChI is InChI=1S/C37H48O/c1-27(2)24-31(28-18-12-9-13-19-28)34(3,4)26-37(29-20-14-10-15-21-29,30-22-16-11-17-23-30)35(5,6)25-32-33(38)36(32,7)8/h9-23,27,31-32H,24-26H2,1-8H3. The average molecular weight is 509 g/mol. The van der Waals surface area contributed by atoms with Gasteiger partial charge in [0.15, 0.2) is 0 Å². The van der Waals surface area contributed by atoms with Crippen LogP contribution in [0.2, 0.25) is 0 Å². The van der Waals surface area contributed by atoms with Gasteiger partial charge in [-0.1, -0.05) is 146 Å². The van der Waals surface area contributed by atoms with Crippen molar-refractivity contribution >= 4 is 5.78 Å². The molecule has 3 aromatic rings. The van der Waals surface area contributed by atoms with Gasteiger partial charge in [-0.05, 0) is 58.6 Å². The van der Waals surface area contributed by atoms with E-state index in [0.717, 1.165) is 19.3 Å². The molecule has 1 aliphatic carbocycles. The van der Waals surface area contributed by atoms with E-state index < -0.39 is 0 Å². The number of carbonyl (C=O) groups is 1. The van der Waals surface area contributed by atoms with E-state index in [1.54, 1.807) is 0 Å². The maximum absolute atomic E-state index is 12.9. The first kappa shape index (κ1) is 28.3. The van der Waals surface area contributed by atoms with Crippen LogP contribution >= 0.6 is 0 Å². The zero-order valence-electron chi connectivity index (χ0n) is 24.9. The summed E-state index contributed by atoms with van der Waals surface area (Å²) in [4.78, 5) is 12.9. The van der Waals surface area contributed by atoms with E-state index >= 15 is 0 Å². The van der Waals surface area contributed by atoms with Crippen LogP contribution in [-0.4, -0.2) is 5.78 Å². The van der Waals surface area contributed by atoms with Crippen molar-refractivity contribution in [3.63, 3.8) is 0 Å². The van der Waals surface area contributed by atoms with Crippen molar-refractivity contribution in [2.24, 2.45) is 28.1 Å². The SMILES string of the molecule is CC(C)CC(c1ccccc1)C(C)(C)CC(c1ccccc1)(c1ccccc1)C(C)(C)CC1C(=O)C1(C)C. The molecule has 0 amide bonds. The summed E-state index contributed by atoms with van der Waals surface area (Å²) in [6.45, 7) is 18.7. The molecule has 1 heteroatoms. The molecular formula is C37H48O. The molecule has 0 bridgehead atoms. The van der Waals surface area contributed by atoms with E-state index in [0.29, 0.717) is 17.6 Å². The van der Waals surface area contributed by atoms with E-state index in [-0.39, 0.29) is 27.6 Å². The predicted molar refractivity (Wildman–Crippen MR) is 161 cm³/mol. The first-order chi connectivity index (χ1) is 17.8. The number of Topliss-reactive ketones (excluding diaryl/α,β-unsaturated/α-hetero) is 1. The Kier molecular flexibility index (Phi) is 7.81. The summed E-state index contributed by atoms with van der Waals surface area (Å²) in [6, 6.07) is 33.4. The lowest BCUT2D eigenvalue weighted by molar-refractivity contribution is -0.113. The summed E-state index contributed by atoms with van der Waals surface area (Å²) < 4.78 is 0. The average Bonchev–Trinajstić information content (AvgIpc) is 3.36. The Morgan fingerprint density at radius 2 is 1.16 bits per heavy atom. The Labute approximate surface area is 232 Å². The van der Waals surface area contributed by atoms with Gasteiger partial charge in [0, 0.05) is 16.7 Å². The van der Waals surface area contributed by atoms with E-state index in [1.165, 1.54) is 16.7 Å². The predicted octanol–water partition coefficient (Wildman–Crippen LogP) is 9.86. The molecule has 0 spiro atoms. The van der Waals surface area contributed by atoms with Crippen LogP contribution in [0.25, 0.3) is 0 Å². The van der Waals surface area contributed by atoms with Crippen LogP contribution in [0.5, 0.6) is 0 Å². The van der Waals surface area contributed by atoms with Crippen LogP contribution in [0.15, 0.2) is 91.0 Å². The number of hydrogen-bond donors (Lipinski definition) is 0. The molecule has 0 radical (unpaired) electrons. The quantitative estimate of drug-likeness (QED) is 0.252. The van der Waals surface area contributed by atoms with Crippen LogP contribution in [0.3, 0.4) is 0 Å². The lowest BCUT2D eigenvalue weighted by Gasteiger charge is -2.53. The zero-order valence-corrected chi connectivity index (χ0v) is 24.9. The number of ketones is 1. The second-order valence-corrected chi connectivity index (χ2v) is 14.1. The highest BCUT2D eigenvalue weighted by Gasteiger charge is 2.61. The number of rotatable bonds is 11. The molecule has 0 aliphatic heterocycles. The monoisotopic (exact) mass is 508 g/mol. The van der Waals surface area contributed by atoms with Crippen LogP contribution in [0, 0.1) is 28.1 Å². The van der Waals surface area contributed by atoms with E-state index in [1.807, 2.05) is 0 Å². The summed E-state index contributed by atoms with van der Waals surface area (Å²) in [5.74, 6) is 1.56. The van der Waals surface area contributed by atoms with Crippen molar-refractivity contribution in [2.75, 3.05) is 0 Å². The molecule has 1 saturated carbocycles.